The zero-order valence-corrected chi connectivity index (χ0v) is 11.0. The van der Waals surface area contributed by atoms with E-state index in [0.29, 0.717) is 35.7 Å². The number of nitrogens with two attached hydrogens (primary N) is 1. The van der Waals surface area contributed by atoms with Crippen LogP contribution in [-0.2, 0) is 4.79 Å². The predicted molar refractivity (Wildman–Crippen MR) is 71.8 cm³/mol. The Kier molecular flexibility index (Phi) is 3.65. The molecule has 0 bridgehead atoms. The van der Waals surface area contributed by atoms with E-state index < -0.39 is 11.5 Å². The van der Waals surface area contributed by atoms with Gasteiger partial charge in [0, 0.05) is 11.6 Å². The van der Waals surface area contributed by atoms with E-state index in [9.17, 15) is 9.90 Å². The molecular formula is C13H14ClN3O2. The van der Waals surface area contributed by atoms with Gasteiger partial charge in [0.25, 0.3) is 5.91 Å². The predicted octanol–water partition coefficient (Wildman–Crippen LogP) is 1.03. The zero-order valence-electron chi connectivity index (χ0n) is 10.3. The van der Waals surface area contributed by atoms with Gasteiger partial charge in [0.15, 0.2) is 5.60 Å². The van der Waals surface area contributed by atoms with Gasteiger partial charge in [-0.05, 0) is 31.0 Å². The van der Waals surface area contributed by atoms with Crippen molar-refractivity contribution in [2.24, 2.45) is 5.73 Å². The molecule has 1 aliphatic rings. The third-order valence-corrected chi connectivity index (χ3v) is 3.59. The highest BCUT2D eigenvalue weighted by molar-refractivity contribution is 6.30. The highest BCUT2D eigenvalue weighted by Gasteiger charge is 2.39. The normalized spacial score (nSPS) is 22.9. The molecule has 1 aromatic carbocycles. The Hall–Kier alpha value is -1.77. The van der Waals surface area contributed by atoms with Crippen LogP contribution in [0.4, 0.5) is 5.69 Å². The molecule has 0 saturated carbocycles. The molecule has 5 nitrogen and oxygen atoms in total. The number of carbonyl (C=O) groups excluding carboxylic acids is 1. The number of β-amino-alcohol motifs (C(OH)–C–C–N with tert-alkyl or cyclic N) is 1. The molecule has 3 N–H and O–H groups in total. The first kappa shape index (κ1) is 13.7. The van der Waals surface area contributed by atoms with Crippen molar-refractivity contribution in [3.05, 3.63) is 28.8 Å². The van der Waals surface area contributed by atoms with Gasteiger partial charge < -0.3 is 15.7 Å². The standard InChI is InChI=1S/C13H14ClN3O2/c14-10-3-2-9(7-15)11(6-10)17-5-1-4-13(19,8-17)12(16)18/h2-3,6,19H,1,4-5,8H2,(H2,16,18). The Balaban J connectivity index is 2.35. The van der Waals surface area contributed by atoms with Gasteiger partial charge in [-0.25, -0.2) is 0 Å². The maximum absolute atomic E-state index is 11.3. The number of benzene rings is 1. The fraction of sp³-hybridized carbons (Fsp3) is 0.385. The molecule has 0 aliphatic carbocycles. The number of rotatable bonds is 2. The zero-order chi connectivity index (χ0) is 14.0. The van der Waals surface area contributed by atoms with Crippen LogP contribution >= 0.6 is 11.6 Å². The Morgan fingerprint density at radius 3 is 2.95 bits per heavy atom. The summed E-state index contributed by atoms with van der Waals surface area (Å²) in [4.78, 5) is 13.1. The number of hydrogen-bond acceptors (Lipinski definition) is 4. The van der Waals surface area contributed by atoms with Crippen molar-refractivity contribution in [3.8, 4) is 6.07 Å². The van der Waals surface area contributed by atoms with Crippen molar-refractivity contribution in [1.29, 1.82) is 5.26 Å². The average molecular weight is 280 g/mol. The largest absolute Gasteiger partial charge is 0.378 e. The Bertz CT molecular complexity index is 555. The molecule has 100 valence electrons. The molecule has 1 atom stereocenters. The van der Waals surface area contributed by atoms with Crippen LogP contribution in [0.1, 0.15) is 18.4 Å². The molecule has 1 saturated heterocycles. The molecule has 1 unspecified atom stereocenters. The summed E-state index contributed by atoms with van der Waals surface area (Å²) < 4.78 is 0. The minimum atomic E-state index is -1.55. The van der Waals surface area contributed by atoms with Crippen LogP contribution in [0.2, 0.25) is 5.02 Å². The van der Waals surface area contributed by atoms with E-state index in [4.69, 9.17) is 22.6 Å². The molecule has 0 aromatic heterocycles. The van der Waals surface area contributed by atoms with E-state index in [2.05, 4.69) is 6.07 Å². The third kappa shape index (κ3) is 2.65. The Morgan fingerprint density at radius 1 is 1.58 bits per heavy atom. The van der Waals surface area contributed by atoms with Crippen molar-refractivity contribution < 1.29 is 9.90 Å². The summed E-state index contributed by atoms with van der Waals surface area (Å²) in [5.74, 6) is -0.738. The van der Waals surface area contributed by atoms with Crippen molar-refractivity contribution in [2.75, 3.05) is 18.0 Å². The number of amides is 1. The second-order valence-electron chi connectivity index (χ2n) is 4.69. The summed E-state index contributed by atoms with van der Waals surface area (Å²) in [6.07, 6.45) is 0.956. The average Bonchev–Trinajstić information content (AvgIpc) is 2.38. The maximum Gasteiger partial charge on any atom is 0.251 e. The van der Waals surface area contributed by atoms with Crippen molar-refractivity contribution in [1.82, 2.24) is 0 Å². The fourth-order valence-corrected chi connectivity index (χ4v) is 2.47. The molecule has 1 fully saturated rings. The SMILES string of the molecule is N#Cc1ccc(Cl)cc1N1CCCC(O)(C(N)=O)C1. The smallest absolute Gasteiger partial charge is 0.251 e. The molecule has 1 aromatic rings. The number of primary amides is 1. The van der Waals surface area contributed by atoms with Gasteiger partial charge in [-0.2, -0.15) is 5.26 Å². The van der Waals surface area contributed by atoms with E-state index in [1.165, 1.54) is 0 Å². The van der Waals surface area contributed by atoms with Gasteiger partial charge >= 0.3 is 0 Å². The number of halogens is 1. The summed E-state index contributed by atoms with van der Waals surface area (Å²) in [5.41, 5.74) is 4.76. The number of aliphatic hydroxyl groups is 1. The summed E-state index contributed by atoms with van der Waals surface area (Å²) in [6, 6.07) is 6.99. The van der Waals surface area contributed by atoms with E-state index in [1.54, 1.807) is 23.1 Å². The first-order chi connectivity index (χ1) is 8.96. The molecule has 1 heterocycles. The van der Waals surface area contributed by atoms with Crippen molar-refractivity contribution in [2.45, 2.75) is 18.4 Å². The van der Waals surface area contributed by atoms with Crippen LogP contribution < -0.4 is 10.6 Å². The van der Waals surface area contributed by atoms with E-state index in [-0.39, 0.29) is 6.54 Å². The van der Waals surface area contributed by atoms with Gasteiger partial charge in [-0.1, -0.05) is 11.6 Å². The van der Waals surface area contributed by atoms with E-state index in [1.807, 2.05) is 0 Å². The first-order valence-corrected chi connectivity index (χ1v) is 6.31. The Labute approximate surface area is 116 Å². The topological polar surface area (TPSA) is 90.3 Å². The Morgan fingerprint density at radius 2 is 2.32 bits per heavy atom. The molecule has 2 rings (SSSR count). The minimum Gasteiger partial charge on any atom is -0.378 e. The van der Waals surface area contributed by atoms with Crippen LogP contribution in [0.15, 0.2) is 18.2 Å². The van der Waals surface area contributed by atoms with E-state index >= 15 is 0 Å². The number of anilines is 1. The summed E-state index contributed by atoms with van der Waals surface area (Å²) in [6.45, 7) is 0.724. The molecule has 1 amide bonds. The maximum atomic E-state index is 11.3. The van der Waals surface area contributed by atoms with Crippen LogP contribution in [-0.4, -0.2) is 29.7 Å². The highest BCUT2D eigenvalue weighted by atomic mass is 35.5. The monoisotopic (exact) mass is 279 g/mol. The van der Waals surface area contributed by atoms with Gasteiger partial charge in [-0.3, -0.25) is 4.79 Å². The highest BCUT2D eigenvalue weighted by Crippen LogP contribution is 2.30. The lowest BCUT2D eigenvalue weighted by Crippen LogP contribution is -2.56. The van der Waals surface area contributed by atoms with Gasteiger partial charge in [-0.15, -0.1) is 0 Å². The number of nitrogens with zero attached hydrogens (tertiary/aromatic N) is 2. The molecule has 6 heteroatoms. The van der Waals surface area contributed by atoms with E-state index in [0.717, 1.165) is 0 Å². The summed E-state index contributed by atoms with van der Waals surface area (Å²) >= 11 is 5.94. The van der Waals surface area contributed by atoms with Crippen LogP contribution in [0.3, 0.4) is 0 Å². The quantitative estimate of drug-likeness (QED) is 0.846. The lowest BCUT2D eigenvalue weighted by Gasteiger charge is -2.38. The lowest BCUT2D eigenvalue weighted by atomic mass is 9.91. The molecule has 1 aliphatic heterocycles. The van der Waals surface area contributed by atoms with Gasteiger partial charge in [0.1, 0.15) is 6.07 Å². The molecule has 0 spiro atoms. The van der Waals surface area contributed by atoms with Crippen molar-refractivity contribution in [3.63, 3.8) is 0 Å². The van der Waals surface area contributed by atoms with Gasteiger partial charge in [0.2, 0.25) is 0 Å². The molecule has 0 radical (unpaired) electrons. The molecular weight excluding hydrogens is 266 g/mol. The second kappa shape index (κ2) is 5.08. The van der Waals surface area contributed by atoms with Crippen molar-refractivity contribution >= 4 is 23.2 Å². The lowest BCUT2D eigenvalue weighted by molar-refractivity contribution is -0.137. The number of piperidine rings is 1. The fourth-order valence-electron chi connectivity index (χ4n) is 2.30. The third-order valence-electron chi connectivity index (χ3n) is 3.35. The molecule has 19 heavy (non-hydrogen) atoms. The number of nitriles is 1. The number of hydrogen-bond donors (Lipinski definition) is 2. The summed E-state index contributed by atoms with van der Waals surface area (Å²) in [7, 11) is 0. The second-order valence-corrected chi connectivity index (χ2v) is 5.13. The van der Waals surface area contributed by atoms with Gasteiger partial charge in [0.05, 0.1) is 17.8 Å². The summed E-state index contributed by atoms with van der Waals surface area (Å²) in [5, 5.41) is 19.8. The van der Waals surface area contributed by atoms with Crippen LogP contribution in [0, 0.1) is 11.3 Å². The van der Waals surface area contributed by atoms with Crippen LogP contribution in [0.25, 0.3) is 0 Å². The van der Waals surface area contributed by atoms with Crippen LogP contribution in [0.5, 0.6) is 0 Å². The minimum absolute atomic E-state index is 0.0807. The number of carbonyl (C=O) groups is 1. The first-order valence-electron chi connectivity index (χ1n) is 5.93.